The third kappa shape index (κ3) is 3.79. The van der Waals surface area contributed by atoms with Crippen LogP contribution in [0.25, 0.3) is 0 Å². The number of esters is 1. The van der Waals surface area contributed by atoms with Crippen molar-refractivity contribution in [3.8, 4) is 6.07 Å². The molecule has 0 aliphatic rings. The Balaban J connectivity index is 3.03. The molecule has 0 saturated heterocycles. The van der Waals surface area contributed by atoms with E-state index in [1.807, 2.05) is 6.07 Å². The van der Waals surface area contributed by atoms with Gasteiger partial charge in [-0.25, -0.2) is 8.42 Å². The van der Waals surface area contributed by atoms with E-state index in [1.165, 1.54) is 31.4 Å². The molecule has 0 radical (unpaired) electrons. The lowest BCUT2D eigenvalue weighted by Crippen LogP contribution is -2.44. The minimum atomic E-state index is -3.84. The zero-order valence-electron chi connectivity index (χ0n) is 11.5. The van der Waals surface area contributed by atoms with Crippen LogP contribution in [0.4, 0.5) is 0 Å². The van der Waals surface area contributed by atoms with Crippen molar-refractivity contribution < 1.29 is 17.9 Å². The lowest BCUT2D eigenvalue weighted by molar-refractivity contribution is -0.143. The lowest BCUT2D eigenvalue weighted by atomic mass is 10.1. The summed E-state index contributed by atoms with van der Waals surface area (Å²) in [5, 5.41) is 8.68. The second-order valence-corrected chi connectivity index (χ2v) is 6.22. The van der Waals surface area contributed by atoms with Gasteiger partial charge in [-0.1, -0.05) is 13.8 Å². The molecule has 1 unspecified atom stereocenters. The first-order valence-corrected chi connectivity index (χ1v) is 7.40. The molecular weight excluding hydrogens is 280 g/mol. The largest absolute Gasteiger partial charge is 0.468 e. The van der Waals surface area contributed by atoms with Crippen LogP contribution in [0.5, 0.6) is 0 Å². The number of hydrogen-bond donors (Lipinski definition) is 1. The van der Waals surface area contributed by atoms with E-state index in [2.05, 4.69) is 9.46 Å². The summed E-state index contributed by atoms with van der Waals surface area (Å²) in [7, 11) is -2.64. The van der Waals surface area contributed by atoms with Gasteiger partial charge >= 0.3 is 5.97 Å². The van der Waals surface area contributed by atoms with Crippen LogP contribution in [0.1, 0.15) is 19.4 Å². The van der Waals surface area contributed by atoms with Crippen LogP contribution in [-0.2, 0) is 19.6 Å². The maximum Gasteiger partial charge on any atom is 0.324 e. The Labute approximate surface area is 118 Å². The van der Waals surface area contributed by atoms with E-state index in [0.717, 1.165) is 0 Å². The molecule has 1 atom stereocenters. The van der Waals surface area contributed by atoms with Crippen LogP contribution >= 0.6 is 0 Å². The van der Waals surface area contributed by atoms with Crippen LogP contribution in [0.2, 0.25) is 0 Å². The van der Waals surface area contributed by atoms with Gasteiger partial charge in [-0.05, 0) is 30.2 Å². The van der Waals surface area contributed by atoms with Crippen molar-refractivity contribution in [1.29, 1.82) is 5.26 Å². The number of rotatable bonds is 5. The second kappa shape index (κ2) is 6.50. The number of nitrogens with one attached hydrogen (secondary N) is 1. The summed E-state index contributed by atoms with van der Waals surface area (Å²) >= 11 is 0. The second-order valence-electron chi connectivity index (χ2n) is 4.50. The fourth-order valence-corrected chi connectivity index (χ4v) is 2.86. The highest BCUT2D eigenvalue weighted by molar-refractivity contribution is 7.89. The number of methoxy groups -OCH3 is 1. The predicted molar refractivity (Wildman–Crippen MR) is 72.1 cm³/mol. The third-order valence-electron chi connectivity index (χ3n) is 2.70. The van der Waals surface area contributed by atoms with Crippen molar-refractivity contribution in [3.05, 3.63) is 29.8 Å². The van der Waals surface area contributed by atoms with Crippen LogP contribution < -0.4 is 4.72 Å². The molecule has 0 spiro atoms. The Kier molecular flexibility index (Phi) is 5.25. The Bertz CT molecular complexity index is 615. The van der Waals surface area contributed by atoms with Gasteiger partial charge in [0.05, 0.1) is 23.6 Å². The number of ether oxygens (including phenoxy) is 1. The first kappa shape index (κ1) is 16.1. The van der Waals surface area contributed by atoms with Gasteiger partial charge in [0.25, 0.3) is 0 Å². The lowest BCUT2D eigenvalue weighted by Gasteiger charge is -2.19. The van der Waals surface area contributed by atoms with E-state index in [-0.39, 0.29) is 10.8 Å². The average Bonchev–Trinajstić information content (AvgIpc) is 2.43. The summed E-state index contributed by atoms with van der Waals surface area (Å²) in [4.78, 5) is 11.6. The van der Waals surface area contributed by atoms with E-state index in [9.17, 15) is 13.2 Å². The summed E-state index contributed by atoms with van der Waals surface area (Å²) in [5.74, 6) is -0.896. The molecule has 1 aromatic rings. The van der Waals surface area contributed by atoms with Crippen LogP contribution in [0.3, 0.4) is 0 Å². The molecule has 1 rings (SSSR count). The van der Waals surface area contributed by atoms with Crippen LogP contribution in [0, 0.1) is 17.2 Å². The summed E-state index contributed by atoms with van der Waals surface area (Å²) in [6, 6.07) is 6.37. The van der Waals surface area contributed by atoms with Crippen molar-refractivity contribution in [1.82, 2.24) is 4.72 Å². The molecule has 0 saturated carbocycles. The normalized spacial score (nSPS) is 12.8. The van der Waals surface area contributed by atoms with E-state index in [1.54, 1.807) is 13.8 Å². The molecule has 1 N–H and O–H groups in total. The molecule has 0 heterocycles. The van der Waals surface area contributed by atoms with Crippen LogP contribution in [0.15, 0.2) is 29.2 Å². The molecule has 108 valence electrons. The van der Waals surface area contributed by atoms with E-state index in [0.29, 0.717) is 5.56 Å². The SMILES string of the molecule is COC(=O)C(NS(=O)(=O)c1ccc(C#N)cc1)C(C)C. The molecule has 0 aliphatic heterocycles. The molecule has 0 aliphatic carbocycles. The van der Waals surface area contributed by atoms with Gasteiger partial charge in [0.15, 0.2) is 0 Å². The monoisotopic (exact) mass is 296 g/mol. The van der Waals surface area contributed by atoms with Gasteiger partial charge in [0, 0.05) is 0 Å². The first-order valence-electron chi connectivity index (χ1n) is 5.92. The highest BCUT2D eigenvalue weighted by Gasteiger charge is 2.28. The van der Waals surface area contributed by atoms with Crippen LogP contribution in [-0.4, -0.2) is 27.5 Å². The number of carbonyl (C=O) groups excluding carboxylic acids is 1. The molecule has 7 heteroatoms. The third-order valence-corrected chi connectivity index (χ3v) is 4.15. The van der Waals surface area contributed by atoms with Crippen molar-refractivity contribution in [2.45, 2.75) is 24.8 Å². The minimum Gasteiger partial charge on any atom is -0.468 e. The van der Waals surface area contributed by atoms with Gasteiger partial charge in [0.1, 0.15) is 6.04 Å². The summed E-state index contributed by atoms with van der Waals surface area (Å²) < 4.78 is 31.2. The standard InChI is InChI=1S/C13H16N2O4S/c1-9(2)12(13(16)19-3)15-20(17,18)11-6-4-10(8-14)5-7-11/h4-7,9,12,15H,1-3H3. The van der Waals surface area contributed by atoms with Crippen molar-refractivity contribution in [2.24, 2.45) is 5.92 Å². The quantitative estimate of drug-likeness (QED) is 0.819. The zero-order chi connectivity index (χ0) is 15.3. The maximum atomic E-state index is 12.2. The fourth-order valence-electron chi connectivity index (χ4n) is 1.53. The van der Waals surface area contributed by atoms with Gasteiger partial charge < -0.3 is 4.74 Å². The van der Waals surface area contributed by atoms with E-state index < -0.39 is 22.0 Å². The average molecular weight is 296 g/mol. The minimum absolute atomic E-state index is 0.00828. The van der Waals surface area contributed by atoms with E-state index in [4.69, 9.17) is 5.26 Å². The Morgan fingerprint density at radius 3 is 2.25 bits per heavy atom. The Morgan fingerprint density at radius 1 is 1.30 bits per heavy atom. The van der Waals surface area contributed by atoms with E-state index >= 15 is 0 Å². The molecule has 0 aromatic heterocycles. The maximum absolute atomic E-state index is 12.2. The molecule has 1 aromatic carbocycles. The van der Waals surface area contributed by atoms with Crippen molar-refractivity contribution in [3.63, 3.8) is 0 Å². The highest BCUT2D eigenvalue weighted by atomic mass is 32.2. The molecule has 20 heavy (non-hydrogen) atoms. The van der Waals surface area contributed by atoms with Gasteiger partial charge in [-0.15, -0.1) is 0 Å². The number of nitrogens with zero attached hydrogens (tertiary/aromatic N) is 1. The summed E-state index contributed by atoms with van der Waals surface area (Å²) in [6.07, 6.45) is 0. The molecule has 6 nitrogen and oxygen atoms in total. The zero-order valence-corrected chi connectivity index (χ0v) is 12.3. The number of sulfonamides is 1. The van der Waals surface area contributed by atoms with Gasteiger partial charge in [-0.2, -0.15) is 9.98 Å². The molecule has 0 amide bonds. The Hall–Kier alpha value is -1.91. The smallest absolute Gasteiger partial charge is 0.324 e. The predicted octanol–water partition coefficient (Wildman–Crippen LogP) is 1.03. The number of carbonyl (C=O) groups is 1. The topological polar surface area (TPSA) is 96.3 Å². The van der Waals surface area contributed by atoms with Gasteiger partial charge in [-0.3, -0.25) is 4.79 Å². The highest BCUT2D eigenvalue weighted by Crippen LogP contribution is 2.13. The number of hydrogen-bond acceptors (Lipinski definition) is 5. The number of benzene rings is 1. The summed E-state index contributed by atoms with van der Waals surface area (Å²) in [5.41, 5.74) is 0.359. The summed E-state index contributed by atoms with van der Waals surface area (Å²) in [6.45, 7) is 3.42. The molecular formula is C13H16N2O4S. The Morgan fingerprint density at radius 2 is 1.85 bits per heavy atom. The van der Waals surface area contributed by atoms with Gasteiger partial charge in [0.2, 0.25) is 10.0 Å². The van der Waals surface area contributed by atoms with Crippen molar-refractivity contribution in [2.75, 3.05) is 7.11 Å². The first-order chi connectivity index (χ1) is 9.31. The fraction of sp³-hybridized carbons (Fsp3) is 0.385. The molecule has 0 fully saturated rings. The number of nitriles is 1. The van der Waals surface area contributed by atoms with Crippen molar-refractivity contribution >= 4 is 16.0 Å². The molecule has 0 bridgehead atoms.